The van der Waals surface area contributed by atoms with Crippen molar-refractivity contribution in [2.45, 2.75) is 50.7 Å². The Balaban J connectivity index is 1.67. The van der Waals surface area contributed by atoms with Gasteiger partial charge in [0.25, 0.3) is 0 Å². The fraction of sp³-hybridized carbons (Fsp3) is 0.714. The summed E-state index contributed by atoms with van der Waals surface area (Å²) in [5.74, 6) is 0. The van der Waals surface area contributed by atoms with E-state index >= 15 is 0 Å². The maximum Gasteiger partial charge on any atom is 0.0779 e. The lowest BCUT2D eigenvalue weighted by atomic mass is 9.93. The Morgan fingerprint density at radius 3 is 3.22 bits per heavy atom. The Bertz CT molecular complexity index is 425. The molecule has 1 fully saturated rings. The first-order valence-corrected chi connectivity index (χ1v) is 8.43. The standard InChI is InChI=1S/C14H20BrNOS/c1-14(6-3-7-17-14)9-16-11-4-2-5-12-10(11)8-13(15)18-12/h8,11,16H,2-7,9H2,1H3. The molecule has 2 atom stereocenters. The van der Waals surface area contributed by atoms with E-state index < -0.39 is 0 Å². The summed E-state index contributed by atoms with van der Waals surface area (Å²) in [6.45, 7) is 4.14. The van der Waals surface area contributed by atoms with Crippen LogP contribution in [0.4, 0.5) is 0 Å². The second kappa shape index (κ2) is 5.23. The Morgan fingerprint density at radius 2 is 2.44 bits per heavy atom. The Hall–Kier alpha value is 0.1000. The molecule has 18 heavy (non-hydrogen) atoms. The molecular weight excluding hydrogens is 310 g/mol. The average molecular weight is 330 g/mol. The van der Waals surface area contributed by atoms with Crippen LogP contribution in [0.1, 0.15) is 49.1 Å². The minimum atomic E-state index is 0.0604. The second-order valence-electron chi connectivity index (χ2n) is 5.66. The molecule has 1 aliphatic heterocycles. The van der Waals surface area contributed by atoms with Gasteiger partial charge in [0.05, 0.1) is 9.39 Å². The van der Waals surface area contributed by atoms with Crippen LogP contribution in [0.25, 0.3) is 0 Å². The van der Waals surface area contributed by atoms with Crippen LogP contribution in [-0.2, 0) is 11.2 Å². The number of halogens is 1. The van der Waals surface area contributed by atoms with Crippen LogP contribution in [0.2, 0.25) is 0 Å². The number of hydrogen-bond acceptors (Lipinski definition) is 3. The number of ether oxygens (including phenoxy) is 1. The number of hydrogen-bond donors (Lipinski definition) is 1. The van der Waals surface area contributed by atoms with E-state index in [4.69, 9.17) is 4.74 Å². The van der Waals surface area contributed by atoms with E-state index in [9.17, 15) is 0 Å². The van der Waals surface area contributed by atoms with Crippen molar-refractivity contribution in [3.63, 3.8) is 0 Å². The fourth-order valence-corrected chi connectivity index (χ4v) is 4.87. The van der Waals surface area contributed by atoms with Crippen molar-refractivity contribution in [3.8, 4) is 0 Å². The van der Waals surface area contributed by atoms with E-state index in [0.717, 1.165) is 13.2 Å². The third-order valence-corrected chi connectivity index (χ3v) is 5.82. The predicted octanol–water partition coefficient (Wildman–Crippen LogP) is 4.05. The zero-order valence-electron chi connectivity index (χ0n) is 10.8. The van der Waals surface area contributed by atoms with Crippen molar-refractivity contribution in [1.82, 2.24) is 5.32 Å². The molecule has 2 aliphatic rings. The van der Waals surface area contributed by atoms with E-state index in [0.29, 0.717) is 6.04 Å². The summed E-state index contributed by atoms with van der Waals surface area (Å²) in [5.41, 5.74) is 1.57. The molecule has 2 nitrogen and oxygen atoms in total. The van der Waals surface area contributed by atoms with E-state index in [1.54, 1.807) is 4.88 Å². The molecule has 1 aromatic heterocycles. The topological polar surface area (TPSA) is 21.3 Å². The summed E-state index contributed by atoms with van der Waals surface area (Å²) in [4.78, 5) is 1.56. The van der Waals surface area contributed by atoms with Gasteiger partial charge in [-0.25, -0.2) is 0 Å². The van der Waals surface area contributed by atoms with Gasteiger partial charge < -0.3 is 10.1 Å². The summed E-state index contributed by atoms with van der Waals surface area (Å²) in [5, 5.41) is 3.73. The largest absolute Gasteiger partial charge is 0.374 e. The van der Waals surface area contributed by atoms with E-state index in [-0.39, 0.29) is 5.60 Å². The minimum absolute atomic E-state index is 0.0604. The lowest BCUT2D eigenvalue weighted by Gasteiger charge is -2.29. The van der Waals surface area contributed by atoms with Crippen LogP contribution >= 0.6 is 27.3 Å². The first-order valence-electron chi connectivity index (χ1n) is 6.82. The average Bonchev–Trinajstić information content (AvgIpc) is 2.92. The summed E-state index contributed by atoms with van der Waals surface area (Å²) < 4.78 is 7.12. The fourth-order valence-electron chi connectivity index (χ4n) is 3.05. The van der Waals surface area contributed by atoms with E-state index in [2.05, 4.69) is 34.2 Å². The Morgan fingerprint density at radius 1 is 1.56 bits per heavy atom. The van der Waals surface area contributed by atoms with Gasteiger partial charge in [0.1, 0.15) is 0 Å². The van der Waals surface area contributed by atoms with Gasteiger partial charge in [-0.2, -0.15) is 0 Å². The second-order valence-corrected chi connectivity index (χ2v) is 8.17. The molecule has 3 rings (SSSR count). The van der Waals surface area contributed by atoms with Gasteiger partial charge in [0, 0.05) is 24.1 Å². The first kappa shape index (κ1) is 13.1. The molecule has 1 aliphatic carbocycles. The molecule has 0 saturated carbocycles. The summed E-state index contributed by atoms with van der Waals surface area (Å²) >= 11 is 5.51. The van der Waals surface area contributed by atoms with Crippen molar-refractivity contribution >= 4 is 27.3 Å². The maximum absolute atomic E-state index is 5.86. The molecule has 100 valence electrons. The van der Waals surface area contributed by atoms with Gasteiger partial charge in [-0.05, 0) is 66.6 Å². The minimum Gasteiger partial charge on any atom is -0.374 e. The van der Waals surface area contributed by atoms with Gasteiger partial charge in [0.2, 0.25) is 0 Å². The molecule has 1 N–H and O–H groups in total. The smallest absolute Gasteiger partial charge is 0.0779 e. The van der Waals surface area contributed by atoms with Crippen molar-refractivity contribution in [3.05, 3.63) is 20.3 Å². The van der Waals surface area contributed by atoms with Gasteiger partial charge in [-0.3, -0.25) is 0 Å². The summed E-state index contributed by atoms with van der Waals surface area (Å²) in [6.07, 6.45) is 6.20. The molecule has 0 aromatic carbocycles. The third-order valence-electron chi connectivity index (χ3n) is 4.11. The highest BCUT2D eigenvalue weighted by atomic mass is 79.9. The lowest BCUT2D eigenvalue weighted by molar-refractivity contribution is 0.0183. The van der Waals surface area contributed by atoms with Gasteiger partial charge in [-0.1, -0.05) is 0 Å². The number of fused-ring (bicyclic) bond motifs is 1. The van der Waals surface area contributed by atoms with Gasteiger partial charge >= 0.3 is 0 Å². The zero-order valence-corrected chi connectivity index (χ0v) is 13.2. The molecule has 1 aromatic rings. The van der Waals surface area contributed by atoms with Crippen LogP contribution < -0.4 is 5.32 Å². The maximum atomic E-state index is 5.86. The highest BCUT2D eigenvalue weighted by Crippen LogP contribution is 2.38. The van der Waals surface area contributed by atoms with Gasteiger partial charge in [-0.15, -0.1) is 11.3 Å². The van der Waals surface area contributed by atoms with Crippen LogP contribution in [-0.4, -0.2) is 18.8 Å². The summed E-state index contributed by atoms with van der Waals surface area (Å²) in [6, 6.07) is 2.83. The van der Waals surface area contributed by atoms with E-state index in [1.165, 1.54) is 41.5 Å². The SMILES string of the molecule is CC1(CNC2CCCc3sc(Br)cc32)CCCO1. The van der Waals surface area contributed by atoms with Crippen molar-refractivity contribution < 1.29 is 4.74 Å². The molecular formula is C14H20BrNOS. The van der Waals surface area contributed by atoms with Crippen molar-refractivity contribution in [2.24, 2.45) is 0 Å². The molecule has 0 bridgehead atoms. The van der Waals surface area contributed by atoms with Crippen molar-refractivity contribution in [2.75, 3.05) is 13.2 Å². The number of nitrogens with one attached hydrogen (secondary N) is 1. The van der Waals surface area contributed by atoms with Crippen molar-refractivity contribution in [1.29, 1.82) is 0 Å². The highest BCUT2D eigenvalue weighted by Gasteiger charge is 2.31. The van der Waals surface area contributed by atoms with Crippen LogP contribution in [0, 0.1) is 0 Å². The zero-order chi connectivity index (χ0) is 12.6. The normalized spacial score (nSPS) is 31.6. The Kier molecular flexibility index (Phi) is 3.81. The summed E-state index contributed by atoms with van der Waals surface area (Å²) in [7, 11) is 0. The van der Waals surface area contributed by atoms with Crippen LogP contribution in [0.3, 0.4) is 0 Å². The molecule has 0 spiro atoms. The quantitative estimate of drug-likeness (QED) is 0.903. The predicted molar refractivity (Wildman–Crippen MR) is 79.3 cm³/mol. The number of thiophene rings is 1. The Labute approximate surface area is 121 Å². The van der Waals surface area contributed by atoms with Crippen LogP contribution in [0.5, 0.6) is 0 Å². The molecule has 2 heterocycles. The van der Waals surface area contributed by atoms with Gasteiger partial charge in [0.15, 0.2) is 0 Å². The first-order chi connectivity index (χ1) is 8.66. The van der Waals surface area contributed by atoms with Crippen LogP contribution in [0.15, 0.2) is 9.85 Å². The molecule has 0 amide bonds. The third kappa shape index (κ3) is 2.67. The monoisotopic (exact) mass is 329 g/mol. The highest BCUT2D eigenvalue weighted by molar-refractivity contribution is 9.11. The number of aryl methyl sites for hydroxylation is 1. The molecule has 1 saturated heterocycles. The molecule has 4 heteroatoms. The number of rotatable bonds is 3. The lowest BCUT2D eigenvalue weighted by Crippen LogP contribution is -2.39. The van der Waals surface area contributed by atoms with E-state index in [1.807, 2.05) is 11.3 Å². The molecule has 0 radical (unpaired) electrons. The molecule has 2 unspecified atom stereocenters.